The second kappa shape index (κ2) is 6.48. The van der Waals surface area contributed by atoms with Crippen LogP contribution in [0.15, 0.2) is 0 Å². The molecule has 2 unspecified atom stereocenters. The van der Waals surface area contributed by atoms with E-state index in [-0.39, 0.29) is 0 Å². The fourth-order valence-corrected chi connectivity index (χ4v) is 2.80. The molecule has 0 aromatic heterocycles. The summed E-state index contributed by atoms with van der Waals surface area (Å²) in [6.07, 6.45) is 11.9. The number of hydrogen-bond acceptors (Lipinski definition) is 0. The molecular formula is C14H28. The van der Waals surface area contributed by atoms with Crippen molar-refractivity contribution in [2.75, 3.05) is 0 Å². The monoisotopic (exact) mass is 196 g/mol. The van der Waals surface area contributed by atoms with Gasteiger partial charge in [-0.2, -0.15) is 0 Å². The molecule has 0 nitrogen and oxygen atoms in total. The van der Waals surface area contributed by atoms with E-state index < -0.39 is 0 Å². The first-order valence-electron chi connectivity index (χ1n) is 6.72. The Morgan fingerprint density at radius 1 is 1.07 bits per heavy atom. The molecule has 0 N–H and O–H groups in total. The van der Waals surface area contributed by atoms with Crippen molar-refractivity contribution in [1.82, 2.24) is 0 Å². The fraction of sp³-hybridized carbons (Fsp3) is 1.00. The van der Waals surface area contributed by atoms with Gasteiger partial charge in [-0.1, -0.05) is 65.7 Å². The quantitative estimate of drug-likeness (QED) is 0.523. The summed E-state index contributed by atoms with van der Waals surface area (Å²) in [6.45, 7) is 7.02. The Labute approximate surface area is 90.5 Å². The molecule has 0 saturated heterocycles. The van der Waals surface area contributed by atoms with Crippen LogP contribution in [0.5, 0.6) is 0 Å². The first-order chi connectivity index (χ1) is 6.72. The second-order valence-electron chi connectivity index (χ2n) is 5.63. The van der Waals surface area contributed by atoms with E-state index in [0.29, 0.717) is 0 Å². The van der Waals surface area contributed by atoms with Crippen LogP contribution in [0.1, 0.15) is 72.1 Å². The standard InChI is InChI=1S/C14H28/c1-4-13-9-10-14(11-13)8-6-5-7-12(2)3/h12-14H,4-11H2,1-3H3. The molecule has 1 fully saturated rings. The van der Waals surface area contributed by atoms with E-state index in [2.05, 4.69) is 20.8 Å². The molecule has 84 valence electrons. The van der Waals surface area contributed by atoms with Gasteiger partial charge in [-0.15, -0.1) is 0 Å². The third kappa shape index (κ3) is 4.48. The van der Waals surface area contributed by atoms with Crippen LogP contribution < -0.4 is 0 Å². The van der Waals surface area contributed by atoms with E-state index in [1.807, 2.05) is 0 Å². The summed E-state index contributed by atoms with van der Waals surface area (Å²) in [6, 6.07) is 0. The van der Waals surface area contributed by atoms with Crippen molar-refractivity contribution in [1.29, 1.82) is 0 Å². The third-order valence-electron chi connectivity index (χ3n) is 3.87. The average molecular weight is 196 g/mol. The maximum atomic E-state index is 2.35. The normalized spacial score (nSPS) is 27.4. The van der Waals surface area contributed by atoms with E-state index in [1.165, 1.54) is 51.4 Å². The molecule has 1 rings (SSSR count). The molecule has 1 aliphatic rings. The molecule has 2 atom stereocenters. The van der Waals surface area contributed by atoms with Crippen molar-refractivity contribution in [3.05, 3.63) is 0 Å². The molecule has 14 heavy (non-hydrogen) atoms. The summed E-state index contributed by atoms with van der Waals surface area (Å²) < 4.78 is 0. The number of hydrogen-bond donors (Lipinski definition) is 0. The summed E-state index contributed by atoms with van der Waals surface area (Å²) in [5, 5.41) is 0. The van der Waals surface area contributed by atoms with Gasteiger partial charge in [-0.25, -0.2) is 0 Å². The molecular weight excluding hydrogens is 168 g/mol. The van der Waals surface area contributed by atoms with Gasteiger partial charge in [0, 0.05) is 0 Å². The lowest BCUT2D eigenvalue weighted by Crippen LogP contribution is -1.96. The van der Waals surface area contributed by atoms with E-state index in [4.69, 9.17) is 0 Å². The van der Waals surface area contributed by atoms with E-state index in [1.54, 1.807) is 0 Å². The Morgan fingerprint density at radius 2 is 1.79 bits per heavy atom. The average Bonchev–Trinajstić information content (AvgIpc) is 2.60. The SMILES string of the molecule is CCC1CCC(CCCCC(C)C)C1. The summed E-state index contributed by atoms with van der Waals surface area (Å²) in [7, 11) is 0. The predicted molar refractivity (Wildman–Crippen MR) is 64.4 cm³/mol. The molecule has 0 heteroatoms. The van der Waals surface area contributed by atoms with Gasteiger partial charge in [0.05, 0.1) is 0 Å². The minimum Gasteiger partial charge on any atom is -0.0651 e. The Morgan fingerprint density at radius 3 is 2.36 bits per heavy atom. The van der Waals surface area contributed by atoms with Crippen molar-refractivity contribution in [2.24, 2.45) is 17.8 Å². The molecule has 0 radical (unpaired) electrons. The molecule has 1 aliphatic carbocycles. The lowest BCUT2D eigenvalue weighted by Gasteiger charge is -2.10. The molecule has 0 bridgehead atoms. The van der Waals surface area contributed by atoms with Crippen molar-refractivity contribution >= 4 is 0 Å². The summed E-state index contributed by atoms with van der Waals surface area (Å²) in [5.41, 5.74) is 0. The van der Waals surface area contributed by atoms with Gasteiger partial charge in [0.25, 0.3) is 0 Å². The zero-order valence-electron chi connectivity index (χ0n) is 10.4. The molecule has 1 saturated carbocycles. The highest BCUT2D eigenvalue weighted by Gasteiger charge is 2.22. The van der Waals surface area contributed by atoms with Crippen molar-refractivity contribution in [3.8, 4) is 0 Å². The molecule has 0 aromatic rings. The van der Waals surface area contributed by atoms with Gasteiger partial charge < -0.3 is 0 Å². The molecule has 0 spiro atoms. The van der Waals surface area contributed by atoms with Gasteiger partial charge in [0.1, 0.15) is 0 Å². The summed E-state index contributed by atoms with van der Waals surface area (Å²) >= 11 is 0. The maximum absolute atomic E-state index is 2.35. The predicted octanol–water partition coefficient (Wildman–Crippen LogP) is 5.03. The molecule has 0 aromatic carbocycles. The molecule has 0 amide bonds. The first-order valence-corrected chi connectivity index (χ1v) is 6.72. The maximum Gasteiger partial charge on any atom is -0.0412 e. The Kier molecular flexibility index (Phi) is 5.59. The van der Waals surface area contributed by atoms with Crippen LogP contribution in [0.3, 0.4) is 0 Å². The van der Waals surface area contributed by atoms with E-state index >= 15 is 0 Å². The zero-order chi connectivity index (χ0) is 10.4. The topological polar surface area (TPSA) is 0 Å². The van der Waals surface area contributed by atoms with Crippen molar-refractivity contribution in [3.63, 3.8) is 0 Å². The van der Waals surface area contributed by atoms with Gasteiger partial charge in [-0.05, 0) is 24.2 Å². The lowest BCUT2D eigenvalue weighted by atomic mass is 9.96. The van der Waals surface area contributed by atoms with Gasteiger partial charge in [0.15, 0.2) is 0 Å². The third-order valence-corrected chi connectivity index (χ3v) is 3.87. The fourth-order valence-electron chi connectivity index (χ4n) is 2.80. The van der Waals surface area contributed by atoms with E-state index in [9.17, 15) is 0 Å². The van der Waals surface area contributed by atoms with Crippen LogP contribution in [0.4, 0.5) is 0 Å². The van der Waals surface area contributed by atoms with Gasteiger partial charge in [0.2, 0.25) is 0 Å². The smallest absolute Gasteiger partial charge is 0.0412 e. The highest BCUT2D eigenvalue weighted by molar-refractivity contribution is 4.74. The van der Waals surface area contributed by atoms with Gasteiger partial charge in [-0.3, -0.25) is 0 Å². The second-order valence-corrected chi connectivity index (χ2v) is 5.63. The molecule has 0 heterocycles. The number of rotatable bonds is 6. The van der Waals surface area contributed by atoms with Crippen LogP contribution in [0.25, 0.3) is 0 Å². The van der Waals surface area contributed by atoms with Crippen LogP contribution in [0, 0.1) is 17.8 Å². The first kappa shape index (κ1) is 12.1. The minimum atomic E-state index is 0.905. The zero-order valence-corrected chi connectivity index (χ0v) is 10.4. The van der Waals surface area contributed by atoms with Crippen molar-refractivity contribution < 1.29 is 0 Å². The van der Waals surface area contributed by atoms with Crippen LogP contribution in [-0.4, -0.2) is 0 Å². The highest BCUT2D eigenvalue weighted by atomic mass is 14.3. The summed E-state index contributed by atoms with van der Waals surface area (Å²) in [4.78, 5) is 0. The van der Waals surface area contributed by atoms with Crippen LogP contribution >= 0.6 is 0 Å². The minimum absolute atomic E-state index is 0.905. The van der Waals surface area contributed by atoms with Crippen molar-refractivity contribution in [2.45, 2.75) is 72.1 Å². The summed E-state index contributed by atoms with van der Waals surface area (Å²) in [5.74, 6) is 3.07. The highest BCUT2D eigenvalue weighted by Crippen LogP contribution is 2.35. The van der Waals surface area contributed by atoms with Crippen LogP contribution in [0.2, 0.25) is 0 Å². The van der Waals surface area contributed by atoms with Crippen LogP contribution in [-0.2, 0) is 0 Å². The lowest BCUT2D eigenvalue weighted by molar-refractivity contribution is 0.425. The Bertz CT molecular complexity index is 137. The van der Waals surface area contributed by atoms with E-state index in [0.717, 1.165) is 17.8 Å². The van der Waals surface area contributed by atoms with Gasteiger partial charge >= 0.3 is 0 Å². The Hall–Kier alpha value is 0. The molecule has 0 aliphatic heterocycles. The number of unbranched alkanes of at least 4 members (excludes halogenated alkanes) is 1. The Balaban J connectivity index is 1.97. The largest absolute Gasteiger partial charge is 0.0651 e.